The van der Waals surface area contributed by atoms with Gasteiger partial charge in [-0.25, -0.2) is 9.69 Å². The number of halogens is 1. The van der Waals surface area contributed by atoms with Gasteiger partial charge in [0, 0.05) is 16.2 Å². The van der Waals surface area contributed by atoms with Crippen molar-refractivity contribution in [1.82, 2.24) is 9.80 Å². The number of carbonyl (C=O) groups excluding carboxylic acids is 4. The first-order chi connectivity index (χ1) is 11.5. The Bertz CT molecular complexity index is 715. The number of anilines is 1. The van der Waals surface area contributed by atoms with Crippen molar-refractivity contribution in [1.29, 1.82) is 0 Å². The first kappa shape index (κ1) is 16.6. The summed E-state index contributed by atoms with van der Waals surface area (Å²) in [6.45, 7) is -0.473. The van der Waals surface area contributed by atoms with Gasteiger partial charge in [0.2, 0.25) is 5.91 Å². The van der Waals surface area contributed by atoms with E-state index < -0.39 is 30.3 Å². The van der Waals surface area contributed by atoms with E-state index in [4.69, 9.17) is 0 Å². The monoisotopic (exact) mass is 393 g/mol. The van der Waals surface area contributed by atoms with Crippen molar-refractivity contribution in [3.63, 3.8) is 0 Å². The molecule has 0 radical (unpaired) electrons. The maximum Gasteiger partial charge on any atom is 0.334 e. The molecule has 0 aromatic heterocycles. The smallest absolute Gasteiger partial charge is 0.324 e. The van der Waals surface area contributed by atoms with Crippen LogP contribution < -0.4 is 5.32 Å². The third kappa shape index (κ3) is 3.19. The molecule has 1 aliphatic heterocycles. The van der Waals surface area contributed by atoms with Gasteiger partial charge in [-0.2, -0.15) is 0 Å². The molecule has 7 nitrogen and oxygen atoms in total. The zero-order valence-corrected chi connectivity index (χ0v) is 14.4. The minimum atomic E-state index is -0.934. The number of amides is 5. The summed E-state index contributed by atoms with van der Waals surface area (Å²) >= 11 is 3.29. The summed E-state index contributed by atoms with van der Waals surface area (Å²) in [6, 6.07) is 6.01. The quantitative estimate of drug-likeness (QED) is 0.626. The zero-order valence-electron chi connectivity index (χ0n) is 12.8. The first-order valence-electron chi connectivity index (χ1n) is 7.72. The first-order valence-corrected chi connectivity index (χ1v) is 8.51. The van der Waals surface area contributed by atoms with Gasteiger partial charge >= 0.3 is 17.8 Å². The van der Waals surface area contributed by atoms with Crippen LogP contribution in [0, 0.1) is 0 Å². The predicted octanol–water partition coefficient (Wildman–Crippen LogP) is 2.12. The molecule has 3 rings (SSSR count). The molecule has 0 atom stereocenters. The SMILES string of the molecule is O=C(CN1C(=O)C(=O)N(C2CCCC2)C1=O)Nc1cccc(Br)c1. The highest BCUT2D eigenvalue weighted by Gasteiger charge is 2.48. The Kier molecular flexibility index (Phi) is 4.66. The second kappa shape index (κ2) is 6.72. The highest BCUT2D eigenvalue weighted by Crippen LogP contribution is 2.27. The van der Waals surface area contributed by atoms with E-state index in [-0.39, 0.29) is 6.04 Å². The zero-order chi connectivity index (χ0) is 17.3. The number of imide groups is 2. The Hall–Kier alpha value is -2.22. The normalized spacial score (nSPS) is 18.6. The molecule has 1 aromatic carbocycles. The minimum Gasteiger partial charge on any atom is -0.324 e. The molecular formula is C16H16BrN3O4. The predicted molar refractivity (Wildman–Crippen MR) is 89.0 cm³/mol. The van der Waals surface area contributed by atoms with Crippen LogP contribution in [0.4, 0.5) is 10.5 Å². The molecule has 24 heavy (non-hydrogen) atoms. The lowest BCUT2D eigenvalue weighted by Crippen LogP contribution is -2.41. The van der Waals surface area contributed by atoms with E-state index in [0.717, 1.165) is 22.2 Å². The highest BCUT2D eigenvalue weighted by molar-refractivity contribution is 9.10. The van der Waals surface area contributed by atoms with Gasteiger partial charge in [0.25, 0.3) is 0 Å². The number of hydrogen-bond acceptors (Lipinski definition) is 4. The fraction of sp³-hybridized carbons (Fsp3) is 0.375. The molecular weight excluding hydrogens is 378 g/mol. The van der Waals surface area contributed by atoms with Gasteiger partial charge in [-0.3, -0.25) is 19.3 Å². The Morgan fingerprint density at radius 2 is 1.88 bits per heavy atom. The van der Waals surface area contributed by atoms with E-state index >= 15 is 0 Å². The van der Waals surface area contributed by atoms with Crippen molar-refractivity contribution >= 4 is 45.4 Å². The fourth-order valence-corrected chi connectivity index (χ4v) is 3.46. The standard InChI is InChI=1S/C16H16BrN3O4/c17-10-4-3-5-11(8-10)18-13(21)9-19-14(22)15(23)20(16(19)24)12-6-1-2-7-12/h3-5,8,12H,1-2,6-7,9H2,(H,18,21). The number of benzene rings is 1. The molecule has 1 aliphatic carbocycles. The summed E-state index contributed by atoms with van der Waals surface area (Å²) in [6.07, 6.45) is 3.28. The van der Waals surface area contributed by atoms with Crippen molar-refractivity contribution < 1.29 is 19.2 Å². The van der Waals surface area contributed by atoms with Gasteiger partial charge in [0.15, 0.2) is 0 Å². The molecule has 0 bridgehead atoms. The highest BCUT2D eigenvalue weighted by atomic mass is 79.9. The maximum absolute atomic E-state index is 12.4. The second-order valence-electron chi connectivity index (χ2n) is 5.85. The van der Waals surface area contributed by atoms with E-state index in [0.29, 0.717) is 23.4 Å². The van der Waals surface area contributed by atoms with Crippen molar-refractivity contribution in [2.45, 2.75) is 31.7 Å². The van der Waals surface area contributed by atoms with Crippen molar-refractivity contribution in [2.75, 3.05) is 11.9 Å². The Balaban J connectivity index is 1.68. The van der Waals surface area contributed by atoms with Crippen LogP contribution >= 0.6 is 15.9 Å². The van der Waals surface area contributed by atoms with Gasteiger partial charge in [0.05, 0.1) is 0 Å². The summed E-state index contributed by atoms with van der Waals surface area (Å²) in [5.41, 5.74) is 0.535. The molecule has 8 heteroatoms. The van der Waals surface area contributed by atoms with Crippen LogP contribution in [0.15, 0.2) is 28.7 Å². The number of nitrogens with one attached hydrogen (secondary N) is 1. The average molecular weight is 394 g/mol. The maximum atomic E-state index is 12.4. The second-order valence-corrected chi connectivity index (χ2v) is 6.76. The average Bonchev–Trinajstić information content (AvgIpc) is 3.11. The number of rotatable bonds is 4. The molecule has 0 unspecified atom stereocenters. The van der Waals surface area contributed by atoms with Crippen LogP contribution in [-0.4, -0.2) is 46.1 Å². The van der Waals surface area contributed by atoms with Crippen LogP contribution in [0.2, 0.25) is 0 Å². The van der Waals surface area contributed by atoms with Crippen LogP contribution in [0.25, 0.3) is 0 Å². The molecule has 1 aromatic rings. The molecule has 1 saturated carbocycles. The summed E-state index contributed by atoms with van der Waals surface area (Å²) in [5.74, 6) is -2.30. The molecule has 2 aliphatic rings. The van der Waals surface area contributed by atoms with Crippen LogP contribution in [-0.2, 0) is 14.4 Å². The lowest BCUT2D eigenvalue weighted by Gasteiger charge is -2.20. The van der Waals surface area contributed by atoms with E-state index in [2.05, 4.69) is 21.2 Å². The van der Waals surface area contributed by atoms with Gasteiger partial charge in [-0.15, -0.1) is 0 Å². The molecule has 1 saturated heterocycles. The van der Waals surface area contributed by atoms with E-state index in [1.54, 1.807) is 24.3 Å². The largest absolute Gasteiger partial charge is 0.334 e. The molecule has 5 amide bonds. The third-order valence-electron chi connectivity index (χ3n) is 4.18. The van der Waals surface area contributed by atoms with Crippen LogP contribution in [0.1, 0.15) is 25.7 Å². The fourth-order valence-electron chi connectivity index (χ4n) is 3.06. The summed E-state index contributed by atoms with van der Waals surface area (Å²) in [5, 5.41) is 2.61. The van der Waals surface area contributed by atoms with Crippen molar-refractivity contribution in [3.8, 4) is 0 Å². The van der Waals surface area contributed by atoms with Crippen LogP contribution in [0.3, 0.4) is 0 Å². The summed E-state index contributed by atoms with van der Waals surface area (Å²) in [4.78, 5) is 50.3. The van der Waals surface area contributed by atoms with Gasteiger partial charge < -0.3 is 5.32 Å². The van der Waals surface area contributed by atoms with Crippen LogP contribution in [0.5, 0.6) is 0 Å². The molecule has 1 N–H and O–H groups in total. The topological polar surface area (TPSA) is 86.8 Å². The molecule has 1 heterocycles. The minimum absolute atomic E-state index is 0.230. The number of hydrogen-bond donors (Lipinski definition) is 1. The number of urea groups is 1. The van der Waals surface area contributed by atoms with E-state index in [9.17, 15) is 19.2 Å². The summed E-state index contributed by atoms with van der Waals surface area (Å²) < 4.78 is 0.788. The third-order valence-corrected chi connectivity index (χ3v) is 4.68. The molecule has 0 spiro atoms. The molecule has 126 valence electrons. The van der Waals surface area contributed by atoms with Crippen molar-refractivity contribution in [2.24, 2.45) is 0 Å². The summed E-state index contributed by atoms with van der Waals surface area (Å²) in [7, 11) is 0. The number of nitrogens with zero attached hydrogens (tertiary/aromatic N) is 2. The van der Waals surface area contributed by atoms with Gasteiger partial charge in [0.1, 0.15) is 6.54 Å². The Morgan fingerprint density at radius 3 is 2.54 bits per heavy atom. The lowest BCUT2D eigenvalue weighted by molar-refractivity contribution is -0.144. The molecule has 2 fully saturated rings. The number of carbonyl (C=O) groups is 4. The van der Waals surface area contributed by atoms with Gasteiger partial charge in [-0.05, 0) is 31.0 Å². The Labute approximate surface area is 147 Å². The van der Waals surface area contributed by atoms with Crippen molar-refractivity contribution in [3.05, 3.63) is 28.7 Å². The lowest BCUT2D eigenvalue weighted by atomic mass is 10.2. The van der Waals surface area contributed by atoms with E-state index in [1.807, 2.05) is 0 Å². The van der Waals surface area contributed by atoms with Gasteiger partial charge in [-0.1, -0.05) is 34.8 Å². The van der Waals surface area contributed by atoms with E-state index in [1.165, 1.54) is 0 Å². The Morgan fingerprint density at radius 1 is 1.17 bits per heavy atom.